The molecule has 3 rings (SSSR count). The normalized spacial score (nSPS) is 12.5. The highest BCUT2D eigenvalue weighted by molar-refractivity contribution is 5.99. The number of nitrogens with zero attached hydrogens (tertiary/aromatic N) is 5. The second-order valence-corrected chi connectivity index (χ2v) is 6.81. The Hall–Kier alpha value is -3.57. The molecule has 0 fully saturated rings. The van der Waals surface area contributed by atoms with Crippen LogP contribution in [0.15, 0.2) is 35.0 Å². The van der Waals surface area contributed by atoms with Gasteiger partial charge in [-0.15, -0.1) is 10.2 Å². The fourth-order valence-corrected chi connectivity index (χ4v) is 2.90. The number of aryl methyl sites for hydroxylation is 1. The van der Waals surface area contributed by atoms with E-state index >= 15 is 0 Å². The topological polar surface area (TPSA) is 94.2 Å². The minimum Gasteiger partial charge on any atom is -0.475 e. The average molecular weight is 453 g/mol. The van der Waals surface area contributed by atoms with Gasteiger partial charge in [0.05, 0.1) is 23.4 Å². The summed E-state index contributed by atoms with van der Waals surface area (Å²) in [6.07, 6.45) is -2.90. The van der Waals surface area contributed by atoms with Crippen LogP contribution < -0.4 is 4.74 Å². The molecule has 0 N–H and O–H groups in total. The third kappa shape index (κ3) is 5.18. The first-order valence-electron chi connectivity index (χ1n) is 9.53. The zero-order chi connectivity index (χ0) is 23.5. The largest absolute Gasteiger partial charge is 0.475 e. The fourth-order valence-electron chi connectivity index (χ4n) is 2.90. The van der Waals surface area contributed by atoms with Crippen LogP contribution in [-0.2, 0) is 6.18 Å². The molecule has 32 heavy (non-hydrogen) atoms. The van der Waals surface area contributed by atoms with E-state index in [0.717, 1.165) is 24.4 Å². The second kappa shape index (κ2) is 9.28. The lowest BCUT2D eigenvalue weighted by molar-refractivity contribution is -0.137. The lowest BCUT2D eigenvalue weighted by atomic mass is 10.1. The third-order valence-corrected chi connectivity index (χ3v) is 4.48. The first-order valence-corrected chi connectivity index (χ1v) is 9.53. The number of aromatic nitrogens is 4. The second-order valence-electron chi connectivity index (χ2n) is 6.81. The molecular formula is C20H19F4N5O3. The van der Waals surface area contributed by atoms with Crippen LogP contribution in [0.1, 0.15) is 35.7 Å². The average Bonchev–Trinajstić information content (AvgIpc) is 3.18. The first kappa shape index (κ1) is 23.1. The van der Waals surface area contributed by atoms with Crippen molar-refractivity contribution in [1.82, 2.24) is 25.1 Å². The van der Waals surface area contributed by atoms with Crippen LogP contribution in [0.4, 0.5) is 17.6 Å². The molecule has 170 valence electrons. The van der Waals surface area contributed by atoms with Crippen molar-refractivity contribution in [3.63, 3.8) is 0 Å². The summed E-state index contributed by atoms with van der Waals surface area (Å²) in [5.74, 6) is -1.07. The molecule has 8 nitrogen and oxygen atoms in total. The lowest BCUT2D eigenvalue weighted by Crippen LogP contribution is -2.42. The SMILES string of the molecule is CCN(C(=O)c1cc(F)cnc1-c1nnc(C)o1)C(C)COc1ccc(C(F)(F)F)cn1. The molecule has 3 heterocycles. The molecule has 1 unspecified atom stereocenters. The molecule has 3 aromatic rings. The quantitative estimate of drug-likeness (QED) is 0.501. The van der Waals surface area contributed by atoms with E-state index in [1.54, 1.807) is 20.8 Å². The van der Waals surface area contributed by atoms with Crippen LogP contribution in [0.3, 0.4) is 0 Å². The first-order chi connectivity index (χ1) is 15.1. The standard InChI is InChI=1S/C20H19F4N5O3/c1-4-29(11(2)10-31-16-6-5-13(8-25-16)20(22,23)24)19(30)15-7-14(21)9-26-17(15)18-28-27-12(3)32-18/h5-9,11H,4,10H2,1-3H3. The maximum Gasteiger partial charge on any atom is 0.417 e. The lowest BCUT2D eigenvalue weighted by Gasteiger charge is -2.28. The van der Waals surface area contributed by atoms with Gasteiger partial charge in [0.25, 0.3) is 11.8 Å². The van der Waals surface area contributed by atoms with Crippen LogP contribution in [0.5, 0.6) is 5.88 Å². The number of alkyl halides is 3. The summed E-state index contributed by atoms with van der Waals surface area (Å²) < 4.78 is 62.6. The van der Waals surface area contributed by atoms with Crippen molar-refractivity contribution in [2.24, 2.45) is 0 Å². The Morgan fingerprint density at radius 3 is 2.53 bits per heavy atom. The summed E-state index contributed by atoms with van der Waals surface area (Å²) in [6, 6.07) is 2.45. The van der Waals surface area contributed by atoms with Crippen molar-refractivity contribution in [3.8, 4) is 17.5 Å². The van der Waals surface area contributed by atoms with Gasteiger partial charge >= 0.3 is 6.18 Å². The van der Waals surface area contributed by atoms with Gasteiger partial charge in [0.2, 0.25) is 11.8 Å². The van der Waals surface area contributed by atoms with E-state index in [2.05, 4.69) is 20.2 Å². The van der Waals surface area contributed by atoms with E-state index in [-0.39, 0.29) is 42.1 Å². The Balaban J connectivity index is 1.76. The predicted molar refractivity (Wildman–Crippen MR) is 103 cm³/mol. The molecule has 0 saturated heterocycles. The molecule has 12 heteroatoms. The highest BCUT2D eigenvalue weighted by Crippen LogP contribution is 2.29. The predicted octanol–water partition coefficient (Wildman–Crippen LogP) is 3.92. The Morgan fingerprint density at radius 1 is 1.22 bits per heavy atom. The van der Waals surface area contributed by atoms with Gasteiger partial charge in [-0.3, -0.25) is 4.79 Å². The van der Waals surface area contributed by atoms with E-state index in [1.807, 2.05) is 0 Å². The maximum absolute atomic E-state index is 13.9. The van der Waals surface area contributed by atoms with Gasteiger partial charge in [0.1, 0.15) is 18.1 Å². The summed E-state index contributed by atoms with van der Waals surface area (Å²) in [5, 5.41) is 7.53. The summed E-state index contributed by atoms with van der Waals surface area (Å²) >= 11 is 0. The van der Waals surface area contributed by atoms with E-state index < -0.39 is 29.5 Å². The third-order valence-electron chi connectivity index (χ3n) is 4.48. The molecule has 0 radical (unpaired) electrons. The van der Waals surface area contributed by atoms with Crippen molar-refractivity contribution >= 4 is 5.91 Å². The molecule has 0 bridgehead atoms. The van der Waals surface area contributed by atoms with Crippen LogP contribution in [-0.4, -0.2) is 50.2 Å². The van der Waals surface area contributed by atoms with Crippen molar-refractivity contribution in [2.75, 3.05) is 13.2 Å². The number of rotatable bonds is 7. The molecule has 0 aliphatic carbocycles. The van der Waals surface area contributed by atoms with Gasteiger partial charge < -0.3 is 14.1 Å². The number of hydrogen-bond donors (Lipinski definition) is 0. The zero-order valence-corrected chi connectivity index (χ0v) is 17.4. The monoisotopic (exact) mass is 453 g/mol. The molecule has 0 saturated carbocycles. The summed E-state index contributed by atoms with van der Waals surface area (Å²) in [4.78, 5) is 22.1. The van der Waals surface area contributed by atoms with Gasteiger partial charge in [0.15, 0.2) is 0 Å². The maximum atomic E-state index is 13.9. The number of hydrogen-bond acceptors (Lipinski definition) is 7. The van der Waals surface area contributed by atoms with Gasteiger partial charge in [-0.25, -0.2) is 14.4 Å². The number of ether oxygens (including phenoxy) is 1. The van der Waals surface area contributed by atoms with E-state index in [9.17, 15) is 22.4 Å². The van der Waals surface area contributed by atoms with E-state index in [4.69, 9.17) is 9.15 Å². The van der Waals surface area contributed by atoms with Crippen LogP contribution >= 0.6 is 0 Å². The molecule has 0 aliphatic heterocycles. The van der Waals surface area contributed by atoms with Gasteiger partial charge in [0, 0.05) is 25.7 Å². The number of halogens is 4. The molecular weight excluding hydrogens is 434 g/mol. The molecule has 3 aromatic heterocycles. The molecule has 0 spiro atoms. The summed E-state index contributed by atoms with van der Waals surface area (Å²) in [6.45, 7) is 5.13. The van der Waals surface area contributed by atoms with E-state index in [1.165, 1.54) is 4.90 Å². The Morgan fingerprint density at radius 2 is 1.97 bits per heavy atom. The van der Waals surface area contributed by atoms with Gasteiger partial charge in [-0.2, -0.15) is 13.2 Å². The minimum atomic E-state index is -4.50. The van der Waals surface area contributed by atoms with Crippen molar-refractivity contribution in [2.45, 2.75) is 33.0 Å². The van der Waals surface area contributed by atoms with Gasteiger partial charge in [-0.1, -0.05) is 0 Å². The zero-order valence-electron chi connectivity index (χ0n) is 17.4. The van der Waals surface area contributed by atoms with Crippen molar-refractivity contribution in [1.29, 1.82) is 0 Å². The van der Waals surface area contributed by atoms with Crippen LogP contribution in [0.25, 0.3) is 11.6 Å². The van der Waals surface area contributed by atoms with E-state index in [0.29, 0.717) is 6.20 Å². The number of carbonyl (C=O) groups is 1. The van der Waals surface area contributed by atoms with Crippen molar-refractivity contribution < 1.29 is 31.5 Å². The number of pyridine rings is 2. The van der Waals surface area contributed by atoms with Crippen LogP contribution in [0, 0.1) is 12.7 Å². The molecule has 0 aromatic carbocycles. The summed E-state index contributed by atoms with van der Waals surface area (Å²) in [5.41, 5.74) is -0.936. The van der Waals surface area contributed by atoms with Crippen molar-refractivity contribution in [3.05, 3.63) is 53.4 Å². The minimum absolute atomic E-state index is 0.0252. The Labute approximate surface area is 180 Å². The number of carbonyl (C=O) groups excluding carboxylic acids is 1. The fraction of sp³-hybridized carbons (Fsp3) is 0.350. The molecule has 0 aliphatic rings. The highest BCUT2D eigenvalue weighted by atomic mass is 19.4. The molecule has 1 amide bonds. The molecule has 1 atom stereocenters. The Kier molecular flexibility index (Phi) is 6.70. The number of amides is 1. The summed E-state index contributed by atoms with van der Waals surface area (Å²) in [7, 11) is 0. The Bertz CT molecular complexity index is 1090. The highest BCUT2D eigenvalue weighted by Gasteiger charge is 2.31. The number of likely N-dealkylation sites (N-methyl/N-ethyl adjacent to an activating group) is 1. The van der Waals surface area contributed by atoms with Crippen LogP contribution in [0.2, 0.25) is 0 Å². The smallest absolute Gasteiger partial charge is 0.417 e. The van der Waals surface area contributed by atoms with Gasteiger partial charge in [-0.05, 0) is 26.0 Å².